The van der Waals surface area contributed by atoms with Crippen molar-refractivity contribution in [3.8, 4) is 5.75 Å². The maximum Gasteiger partial charge on any atom is 0.256 e. The van der Waals surface area contributed by atoms with E-state index in [1.165, 1.54) is 11.1 Å². The van der Waals surface area contributed by atoms with Gasteiger partial charge in [0.2, 0.25) is 0 Å². The van der Waals surface area contributed by atoms with Gasteiger partial charge in [0.25, 0.3) is 5.91 Å². The molecule has 1 aliphatic carbocycles. The number of benzene rings is 2. The molecule has 0 fully saturated rings. The predicted molar refractivity (Wildman–Crippen MR) is 106 cm³/mol. The summed E-state index contributed by atoms with van der Waals surface area (Å²) in [6, 6.07) is 14.3. The van der Waals surface area contributed by atoms with Crippen molar-refractivity contribution in [1.29, 1.82) is 0 Å². The highest BCUT2D eigenvalue weighted by Crippen LogP contribution is 2.50. The van der Waals surface area contributed by atoms with Gasteiger partial charge >= 0.3 is 0 Å². The fraction of sp³-hybridized carbons (Fsp3) is 0.304. The lowest BCUT2D eigenvalue weighted by atomic mass is 9.79. The summed E-state index contributed by atoms with van der Waals surface area (Å²) >= 11 is 0. The van der Waals surface area contributed by atoms with Crippen molar-refractivity contribution in [2.24, 2.45) is 4.99 Å². The summed E-state index contributed by atoms with van der Waals surface area (Å²) < 4.78 is 5.31. The van der Waals surface area contributed by atoms with Gasteiger partial charge in [-0.1, -0.05) is 30.3 Å². The Hall–Kier alpha value is -2.88. The number of rotatable bonds is 3. The van der Waals surface area contributed by atoms with Gasteiger partial charge in [0, 0.05) is 18.7 Å². The lowest BCUT2D eigenvalue weighted by Crippen LogP contribution is -2.61. The van der Waals surface area contributed by atoms with Gasteiger partial charge in [0.1, 0.15) is 5.75 Å². The third kappa shape index (κ3) is 2.16. The minimum atomic E-state index is -0.761. The van der Waals surface area contributed by atoms with E-state index in [4.69, 9.17) is 9.73 Å². The summed E-state index contributed by atoms with van der Waals surface area (Å²) in [6.45, 7) is 4.70. The SMILES string of the molecule is COc1ccc(CN2C(=O)C34Cc5ccccc5C3=CC2C(C)=N4)c(C)c1. The molecule has 27 heavy (non-hydrogen) atoms. The van der Waals surface area contributed by atoms with E-state index < -0.39 is 5.54 Å². The number of methoxy groups -OCH3 is 1. The van der Waals surface area contributed by atoms with E-state index in [2.05, 4.69) is 31.2 Å². The second-order valence-electron chi connectivity index (χ2n) is 7.70. The Kier molecular flexibility index (Phi) is 3.36. The molecule has 3 aliphatic heterocycles. The molecule has 3 heterocycles. The molecule has 0 saturated carbocycles. The summed E-state index contributed by atoms with van der Waals surface area (Å²) in [5.74, 6) is 0.967. The highest BCUT2D eigenvalue weighted by molar-refractivity contribution is 6.15. The zero-order valence-corrected chi connectivity index (χ0v) is 15.8. The number of dihydropyridines is 1. The van der Waals surface area contributed by atoms with Crippen molar-refractivity contribution in [2.75, 3.05) is 7.11 Å². The highest BCUT2D eigenvalue weighted by Gasteiger charge is 2.57. The van der Waals surface area contributed by atoms with Crippen molar-refractivity contribution in [2.45, 2.75) is 38.4 Å². The van der Waals surface area contributed by atoms with E-state index in [0.717, 1.165) is 28.2 Å². The molecule has 1 spiro atoms. The van der Waals surface area contributed by atoms with Gasteiger partial charge < -0.3 is 9.64 Å². The Balaban J connectivity index is 1.55. The maximum atomic E-state index is 13.6. The van der Waals surface area contributed by atoms with E-state index in [1.807, 2.05) is 36.1 Å². The maximum absolute atomic E-state index is 13.6. The van der Waals surface area contributed by atoms with Gasteiger partial charge in [-0.05, 0) is 59.9 Å². The molecule has 4 aliphatic rings. The van der Waals surface area contributed by atoms with Crippen LogP contribution >= 0.6 is 0 Å². The first-order chi connectivity index (χ1) is 13.0. The fourth-order valence-corrected chi connectivity index (χ4v) is 4.75. The third-order valence-electron chi connectivity index (χ3n) is 6.16. The van der Waals surface area contributed by atoms with Crippen LogP contribution in [0.25, 0.3) is 5.57 Å². The second-order valence-corrected chi connectivity index (χ2v) is 7.70. The first-order valence-corrected chi connectivity index (χ1v) is 9.35. The van der Waals surface area contributed by atoms with Crippen LogP contribution in [0.3, 0.4) is 0 Å². The van der Waals surface area contributed by atoms with Crippen LogP contribution in [0, 0.1) is 6.92 Å². The van der Waals surface area contributed by atoms with E-state index in [-0.39, 0.29) is 11.9 Å². The highest BCUT2D eigenvalue weighted by atomic mass is 16.5. The van der Waals surface area contributed by atoms with E-state index >= 15 is 0 Å². The van der Waals surface area contributed by atoms with Gasteiger partial charge in [-0.15, -0.1) is 0 Å². The number of aryl methyl sites for hydroxylation is 1. The van der Waals surface area contributed by atoms with Gasteiger partial charge in [0.05, 0.1) is 13.2 Å². The summed E-state index contributed by atoms with van der Waals surface area (Å²) in [5.41, 5.74) is 6.05. The average molecular weight is 358 g/mol. The molecule has 0 radical (unpaired) electrons. The normalized spacial score (nSPS) is 25.1. The fourth-order valence-electron chi connectivity index (χ4n) is 4.75. The molecular weight excluding hydrogens is 336 g/mol. The van der Waals surface area contributed by atoms with Gasteiger partial charge in [-0.3, -0.25) is 9.79 Å². The zero-order valence-electron chi connectivity index (χ0n) is 15.8. The number of carbonyl (C=O) groups excluding carboxylic acids is 1. The number of fused-ring (bicyclic) bond motifs is 2. The first kappa shape index (κ1) is 16.3. The number of ether oxygens (including phenoxy) is 1. The van der Waals surface area contributed by atoms with Crippen LogP contribution in [-0.2, 0) is 17.8 Å². The molecule has 136 valence electrons. The van der Waals surface area contributed by atoms with Gasteiger partial charge in [-0.25, -0.2) is 0 Å². The lowest BCUT2D eigenvalue weighted by Gasteiger charge is -2.46. The van der Waals surface area contributed by atoms with E-state index in [0.29, 0.717) is 13.0 Å². The molecule has 2 aromatic carbocycles. The van der Waals surface area contributed by atoms with Crippen LogP contribution in [0.5, 0.6) is 5.75 Å². The molecule has 4 heteroatoms. The summed E-state index contributed by atoms with van der Waals surface area (Å²) in [6.07, 6.45) is 2.92. The Labute approximate surface area is 159 Å². The molecule has 6 rings (SSSR count). The van der Waals surface area contributed by atoms with Crippen molar-refractivity contribution in [3.05, 3.63) is 70.8 Å². The second kappa shape index (κ2) is 5.56. The predicted octanol–water partition coefficient (Wildman–Crippen LogP) is 3.57. The zero-order chi connectivity index (χ0) is 18.8. The number of aliphatic imine (C=N–C) groups is 1. The number of amides is 1. The van der Waals surface area contributed by atoms with Crippen molar-refractivity contribution in [1.82, 2.24) is 4.90 Å². The number of nitrogens with zero attached hydrogens (tertiary/aromatic N) is 2. The van der Waals surface area contributed by atoms with Crippen molar-refractivity contribution < 1.29 is 9.53 Å². The van der Waals surface area contributed by atoms with E-state index in [1.54, 1.807) is 7.11 Å². The van der Waals surface area contributed by atoms with Crippen LogP contribution in [-0.4, -0.2) is 35.2 Å². The molecule has 4 nitrogen and oxygen atoms in total. The monoisotopic (exact) mass is 358 g/mol. The van der Waals surface area contributed by atoms with Crippen LogP contribution in [0.1, 0.15) is 29.2 Å². The molecule has 1 amide bonds. The number of hydrogen-bond acceptors (Lipinski definition) is 3. The Bertz CT molecular complexity index is 1040. The Morgan fingerprint density at radius 1 is 1.22 bits per heavy atom. The smallest absolute Gasteiger partial charge is 0.256 e. The van der Waals surface area contributed by atoms with Gasteiger partial charge in [0.15, 0.2) is 5.54 Å². The average Bonchev–Trinajstić information content (AvgIpc) is 3.00. The first-order valence-electron chi connectivity index (χ1n) is 9.35. The van der Waals surface area contributed by atoms with Crippen LogP contribution in [0.2, 0.25) is 0 Å². The quantitative estimate of drug-likeness (QED) is 0.842. The molecule has 0 N–H and O–H groups in total. The minimum absolute atomic E-state index is 0.0676. The van der Waals surface area contributed by atoms with Crippen LogP contribution < -0.4 is 4.74 Å². The Morgan fingerprint density at radius 2 is 2.04 bits per heavy atom. The molecule has 2 unspecified atom stereocenters. The van der Waals surface area contributed by atoms with E-state index in [9.17, 15) is 4.79 Å². The van der Waals surface area contributed by atoms with Crippen molar-refractivity contribution >= 4 is 17.2 Å². The Morgan fingerprint density at radius 3 is 2.81 bits per heavy atom. The third-order valence-corrected chi connectivity index (χ3v) is 6.16. The molecule has 2 bridgehead atoms. The molecule has 0 aromatic heterocycles. The van der Waals surface area contributed by atoms with Gasteiger partial charge in [-0.2, -0.15) is 0 Å². The number of carbonyl (C=O) groups is 1. The standard InChI is InChI=1S/C23H22N2O2/c1-14-10-18(27-3)9-8-17(14)13-25-21-11-20-19-7-5-4-6-16(19)12-23(20,22(25)26)24-15(21)2/h4-11,21H,12-13H2,1-3H3. The number of hydrogen-bond donors (Lipinski definition) is 0. The van der Waals surface area contributed by atoms with Crippen LogP contribution in [0.4, 0.5) is 0 Å². The molecular formula is C23H22N2O2. The molecule has 0 saturated heterocycles. The van der Waals surface area contributed by atoms with Crippen molar-refractivity contribution in [3.63, 3.8) is 0 Å². The lowest BCUT2D eigenvalue weighted by molar-refractivity contribution is -0.137. The topological polar surface area (TPSA) is 41.9 Å². The summed E-state index contributed by atoms with van der Waals surface area (Å²) in [4.78, 5) is 20.5. The summed E-state index contributed by atoms with van der Waals surface area (Å²) in [5, 5.41) is 0. The molecule has 2 atom stereocenters. The largest absolute Gasteiger partial charge is 0.497 e. The molecule has 2 aromatic rings. The summed E-state index contributed by atoms with van der Waals surface area (Å²) in [7, 11) is 1.67. The van der Waals surface area contributed by atoms with Crippen LogP contribution in [0.15, 0.2) is 53.5 Å². The minimum Gasteiger partial charge on any atom is -0.497 e.